The van der Waals surface area contributed by atoms with E-state index in [-0.39, 0.29) is 122 Å². The van der Waals surface area contributed by atoms with Gasteiger partial charge in [0.1, 0.15) is 29.8 Å². The average Bonchev–Trinajstić information content (AvgIpc) is 0.762. The van der Waals surface area contributed by atoms with Crippen LogP contribution in [0, 0.1) is 31.1 Å². The number of nitrogens with one attached hydrogen (secondary N) is 2. The van der Waals surface area contributed by atoms with E-state index in [2.05, 4.69) is 10.6 Å². The van der Waals surface area contributed by atoms with Gasteiger partial charge < -0.3 is 46.9 Å². The summed E-state index contributed by atoms with van der Waals surface area (Å²) >= 11 is 0. The van der Waals surface area contributed by atoms with Gasteiger partial charge in [0.2, 0.25) is 11.8 Å². The Kier molecular flexibility index (Phi) is 37.4. The van der Waals surface area contributed by atoms with Crippen molar-refractivity contribution in [2.45, 2.75) is 144 Å². The van der Waals surface area contributed by atoms with Crippen molar-refractivity contribution in [3.8, 4) is 0 Å². The third-order valence-electron chi connectivity index (χ3n) is 15.4. The van der Waals surface area contributed by atoms with E-state index in [0.717, 1.165) is 43.8 Å². The van der Waals surface area contributed by atoms with Crippen LogP contribution in [0.5, 0.6) is 0 Å². The second kappa shape index (κ2) is 42.4. The SMILES string of the molecule is C.CC(C)COC(=O)N(C[C@@H](C)COC(C)(C)C)[C@@H](CC(=O)NC(c1ccccc1)(c1ccccc1)c1ccccc1)C(=O)O.CC(C)COC(=O)N(C[C@@H](C)COC(C)(C)C)[C@@H](CC(=O)NC(c1ccccc1)(c1ccccc1)c1ccccc1)C(=O)OCc1ccccc1.I.[CH3-].[Pd]. The first-order chi connectivity index (χ1) is 45.2. The van der Waals surface area contributed by atoms with Crippen molar-refractivity contribution < 1.29 is 78.0 Å². The smallest absolute Gasteiger partial charge is 0.410 e. The maximum Gasteiger partial charge on any atom is 0.410 e. The van der Waals surface area contributed by atoms with E-state index in [0.29, 0.717) is 13.2 Å². The van der Waals surface area contributed by atoms with Crippen molar-refractivity contribution in [2.24, 2.45) is 23.7 Å². The van der Waals surface area contributed by atoms with Gasteiger partial charge in [0.05, 0.1) is 50.5 Å². The molecule has 0 aliphatic rings. The molecule has 540 valence electrons. The first-order valence-electron chi connectivity index (χ1n) is 32.8. The summed E-state index contributed by atoms with van der Waals surface area (Å²) in [4.78, 5) is 85.2. The van der Waals surface area contributed by atoms with Gasteiger partial charge in [-0.15, -0.1) is 24.0 Å². The molecule has 3 N–H and O–H groups in total. The Labute approximate surface area is 620 Å². The fourth-order valence-electron chi connectivity index (χ4n) is 10.8. The summed E-state index contributed by atoms with van der Waals surface area (Å²) in [5, 5.41) is 16.9. The summed E-state index contributed by atoms with van der Waals surface area (Å²) in [6.45, 7) is 24.2. The van der Waals surface area contributed by atoms with Gasteiger partial charge in [-0.2, -0.15) is 0 Å². The predicted molar refractivity (Wildman–Crippen MR) is 399 cm³/mol. The Balaban J connectivity index is 0.000000654. The molecule has 18 heteroatoms. The standard InChI is InChI=1S/C43H52N2O6.C36H46N2O6.CH4.CH3.HI.Pd/c1-32(2)29-50-41(48)45(28-33(3)30-51-42(4,5)6)38(40(47)49-31-34-19-11-7-12-20-34)27-39(46)44-43(35-21-13-8-14-22-35,36-23-15-9-16-24-36)37-25-17-10-18-26-37;1-26(2)24-43-34(42)38(23-27(3)25-44-35(4,5)6)31(33(40)41)22-32(39)37-36(28-16-10-7-11-17-28,29-18-12-8-13-19-29)30-20-14-9-15-21-30;;;;/h7-26,32-33,38H,27-31H2,1-6H3,(H,44,46);7-21,26-27,31H,22-25H2,1-6H3,(H,37,39)(H,40,41);1H4;1H3;1H;/q;;;-1;;/t33-,38+;27-,31+;;;;/m11..../s1. The molecule has 7 rings (SSSR count). The van der Waals surface area contributed by atoms with Crippen LogP contribution in [0.2, 0.25) is 0 Å². The quantitative estimate of drug-likeness (QED) is 0.00963. The zero-order chi connectivity index (χ0) is 69.2. The second-order valence-corrected chi connectivity index (χ2v) is 27.0. The van der Waals surface area contributed by atoms with Gasteiger partial charge in [0.15, 0.2) is 0 Å². The van der Waals surface area contributed by atoms with Crippen molar-refractivity contribution in [1.29, 1.82) is 0 Å². The monoisotopic (exact) mass is 1560 g/mol. The van der Waals surface area contributed by atoms with Crippen LogP contribution < -0.4 is 10.6 Å². The van der Waals surface area contributed by atoms with Crippen LogP contribution in [-0.4, -0.2) is 114 Å². The number of carbonyl (C=O) groups is 6. The topological polar surface area (TPSA) is 199 Å². The molecular formula is C81H106IN4O12Pd-. The molecule has 0 aliphatic carbocycles. The molecule has 0 spiro atoms. The van der Waals surface area contributed by atoms with E-state index >= 15 is 0 Å². The Morgan fingerprint density at radius 2 is 0.677 bits per heavy atom. The number of carbonyl (C=O) groups excluding carboxylic acids is 5. The van der Waals surface area contributed by atoms with Gasteiger partial charge in [-0.3, -0.25) is 19.4 Å². The van der Waals surface area contributed by atoms with Crippen LogP contribution in [0.4, 0.5) is 9.59 Å². The van der Waals surface area contributed by atoms with Crippen LogP contribution in [0.3, 0.4) is 0 Å². The van der Waals surface area contributed by atoms with E-state index in [4.69, 9.17) is 23.7 Å². The molecule has 4 atom stereocenters. The summed E-state index contributed by atoms with van der Waals surface area (Å²) < 4.78 is 28.9. The average molecular weight is 1560 g/mol. The fraction of sp³-hybridized carbons (Fsp3) is 0.395. The van der Waals surface area contributed by atoms with Gasteiger partial charge in [-0.05, 0) is 104 Å². The molecule has 0 saturated carbocycles. The first kappa shape index (κ1) is 87.4. The van der Waals surface area contributed by atoms with E-state index < -0.39 is 76.7 Å². The molecule has 7 aromatic rings. The van der Waals surface area contributed by atoms with Crippen LogP contribution in [0.1, 0.15) is 142 Å². The number of esters is 1. The van der Waals surface area contributed by atoms with Gasteiger partial charge >= 0.3 is 24.1 Å². The number of carboxylic acids is 1. The van der Waals surface area contributed by atoms with E-state index in [1.807, 2.05) is 295 Å². The van der Waals surface area contributed by atoms with Crippen molar-refractivity contribution in [3.05, 3.63) is 259 Å². The molecular weight excluding hydrogens is 1450 g/mol. The molecule has 0 fully saturated rings. The van der Waals surface area contributed by atoms with Crippen molar-refractivity contribution >= 4 is 59.9 Å². The number of ether oxygens (including phenoxy) is 5. The van der Waals surface area contributed by atoms with Crippen LogP contribution >= 0.6 is 24.0 Å². The summed E-state index contributed by atoms with van der Waals surface area (Å²) in [5.74, 6) is -3.28. The number of hydrogen-bond acceptors (Lipinski definition) is 11. The number of aliphatic carboxylic acids is 1. The van der Waals surface area contributed by atoms with Gasteiger partial charge in [0.25, 0.3) is 0 Å². The van der Waals surface area contributed by atoms with E-state index in [1.165, 1.54) is 4.90 Å². The summed E-state index contributed by atoms with van der Waals surface area (Å²) in [6.07, 6.45) is -2.32. The minimum Gasteiger partial charge on any atom is -0.480 e. The van der Waals surface area contributed by atoms with Crippen LogP contribution in [0.25, 0.3) is 0 Å². The molecule has 0 aromatic heterocycles. The van der Waals surface area contributed by atoms with Crippen molar-refractivity contribution in [2.75, 3.05) is 39.5 Å². The molecule has 0 radical (unpaired) electrons. The molecule has 99 heavy (non-hydrogen) atoms. The second-order valence-electron chi connectivity index (χ2n) is 27.0. The number of nitrogens with zero attached hydrogens (tertiary/aromatic N) is 2. The Morgan fingerprint density at radius 3 is 0.939 bits per heavy atom. The number of halogens is 1. The van der Waals surface area contributed by atoms with Gasteiger partial charge in [-0.25, -0.2) is 19.2 Å². The Bertz CT molecular complexity index is 3280. The van der Waals surface area contributed by atoms with Crippen LogP contribution in [-0.2, 0) is 81.0 Å². The largest absolute Gasteiger partial charge is 0.480 e. The number of amides is 4. The molecule has 7 aromatic carbocycles. The molecule has 4 amide bonds. The Morgan fingerprint density at radius 1 is 0.414 bits per heavy atom. The molecule has 0 heterocycles. The summed E-state index contributed by atoms with van der Waals surface area (Å²) in [5.41, 5.74) is 2.65. The van der Waals surface area contributed by atoms with Gasteiger partial charge in [0, 0.05) is 33.5 Å². The minimum absolute atomic E-state index is 0. The zero-order valence-electron chi connectivity index (χ0n) is 59.1. The fourth-order valence-corrected chi connectivity index (χ4v) is 10.8. The first-order valence-corrected chi connectivity index (χ1v) is 32.8. The van der Waals surface area contributed by atoms with E-state index in [1.54, 1.807) is 0 Å². The molecule has 0 bridgehead atoms. The molecule has 0 aliphatic heterocycles. The number of hydrogen-bond donors (Lipinski definition) is 3. The van der Waals surface area contributed by atoms with E-state index in [9.17, 15) is 33.9 Å². The number of benzene rings is 7. The maximum absolute atomic E-state index is 14.6. The van der Waals surface area contributed by atoms with Crippen molar-refractivity contribution in [1.82, 2.24) is 20.4 Å². The number of rotatable bonds is 30. The minimum atomic E-state index is -1.47. The third kappa shape index (κ3) is 27.0. The van der Waals surface area contributed by atoms with Crippen molar-refractivity contribution in [3.63, 3.8) is 0 Å². The van der Waals surface area contributed by atoms with Gasteiger partial charge in [-0.1, -0.05) is 261 Å². The summed E-state index contributed by atoms with van der Waals surface area (Å²) in [7, 11) is 0. The predicted octanol–water partition coefficient (Wildman–Crippen LogP) is 16.3. The maximum atomic E-state index is 14.6. The van der Waals surface area contributed by atoms with Crippen LogP contribution in [0.15, 0.2) is 212 Å². The molecule has 0 unspecified atom stereocenters. The zero-order valence-corrected chi connectivity index (χ0v) is 63.0. The third-order valence-corrected chi connectivity index (χ3v) is 15.4. The molecule has 0 saturated heterocycles. The molecule has 16 nitrogen and oxygen atoms in total. The Hall–Kier alpha value is -7.73. The normalized spacial score (nSPS) is 12.5. The number of carboxylic acid groups (broad SMARTS) is 1. The summed E-state index contributed by atoms with van der Waals surface area (Å²) in [6, 6.07) is 64.4.